The highest BCUT2D eigenvalue weighted by Crippen LogP contribution is 2.29. The van der Waals surface area contributed by atoms with Crippen LogP contribution < -0.4 is 4.90 Å². The Labute approximate surface area is 125 Å². The maximum absolute atomic E-state index is 12.6. The molecule has 1 saturated heterocycles. The summed E-state index contributed by atoms with van der Waals surface area (Å²) in [6.45, 7) is 4.17. The molecule has 0 N–H and O–H groups in total. The van der Waals surface area contributed by atoms with E-state index in [1.54, 1.807) is 11.1 Å². The molecule has 8 heteroatoms. The lowest BCUT2D eigenvalue weighted by Crippen LogP contribution is -2.49. The van der Waals surface area contributed by atoms with Gasteiger partial charge in [-0.3, -0.25) is 0 Å². The molecule has 0 saturated carbocycles. The molecule has 3 heterocycles. The normalized spacial score (nSPS) is 15.9. The number of anilines is 1. The number of imidazole rings is 1. The summed E-state index contributed by atoms with van der Waals surface area (Å²) in [6.07, 6.45) is 1.28. The lowest BCUT2D eigenvalue weighted by atomic mass is 10.0. The molecule has 3 rings (SSSR count). The van der Waals surface area contributed by atoms with E-state index < -0.39 is 11.9 Å². The fraction of sp³-hybridized carbons (Fsp3) is 0.500. The van der Waals surface area contributed by atoms with E-state index in [0.717, 1.165) is 31.1 Å². The van der Waals surface area contributed by atoms with E-state index in [9.17, 15) is 13.2 Å². The van der Waals surface area contributed by atoms with Crippen molar-refractivity contribution in [2.24, 2.45) is 5.92 Å². The Hall–Kier alpha value is -2.12. The molecule has 5 nitrogen and oxygen atoms in total. The highest BCUT2D eigenvalue weighted by molar-refractivity contribution is 5.34. The molecule has 0 atom stereocenters. The van der Waals surface area contributed by atoms with Gasteiger partial charge in [-0.15, -0.1) is 0 Å². The summed E-state index contributed by atoms with van der Waals surface area (Å²) in [5, 5.41) is 0. The smallest absolute Gasteiger partial charge is 0.340 e. The lowest BCUT2D eigenvalue weighted by Gasteiger charge is -2.39. The van der Waals surface area contributed by atoms with Crippen molar-refractivity contribution in [2.45, 2.75) is 26.1 Å². The van der Waals surface area contributed by atoms with Gasteiger partial charge >= 0.3 is 6.18 Å². The maximum atomic E-state index is 12.6. The van der Waals surface area contributed by atoms with Gasteiger partial charge in [0.2, 0.25) is 5.95 Å². The number of alkyl halides is 3. The summed E-state index contributed by atoms with van der Waals surface area (Å²) in [5.41, 5.74) is -0.899. The van der Waals surface area contributed by atoms with Gasteiger partial charge in [-0.05, 0) is 6.07 Å². The first-order chi connectivity index (χ1) is 10.5. The minimum atomic E-state index is -4.44. The summed E-state index contributed by atoms with van der Waals surface area (Å²) in [5.74, 6) is 1.54. The number of halogens is 3. The average Bonchev–Trinajstić information content (AvgIpc) is 2.88. The van der Waals surface area contributed by atoms with E-state index in [2.05, 4.69) is 19.5 Å². The third-order valence-corrected chi connectivity index (χ3v) is 3.75. The molecule has 0 aromatic carbocycles. The standard InChI is InChI=1S/C14H16F3N5/c1-2-12-18-5-6-21(12)7-10-8-22(9-10)13-19-4-3-11(20-13)14(15,16)17/h3-6,10H,2,7-9H2,1H3. The maximum Gasteiger partial charge on any atom is 0.433 e. The van der Waals surface area contributed by atoms with Crippen molar-refractivity contribution >= 4 is 5.95 Å². The van der Waals surface area contributed by atoms with Crippen molar-refractivity contribution in [2.75, 3.05) is 18.0 Å². The molecule has 2 aromatic heterocycles. The number of hydrogen-bond acceptors (Lipinski definition) is 4. The lowest BCUT2D eigenvalue weighted by molar-refractivity contribution is -0.141. The van der Waals surface area contributed by atoms with Crippen LogP contribution in [-0.4, -0.2) is 32.6 Å². The van der Waals surface area contributed by atoms with E-state index in [4.69, 9.17) is 0 Å². The molecule has 1 aliphatic heterocycles. The molecule has 0 bridgehead atoms. The summed E-state index contributed by atoms with van der Waals surface area (Å²) < 4.78 is 40.0. The zero-order valence-corrected chi connectivity index (χ0v) is 12.1. The van der Waals surface area contributed by atoms with Crippen LogP contribution >= 0.6 is 0 Å². The number of rotatable bonds is 4. The summed E-state index contributed by atoms with van der Waals surface area (Å²) in [7, 11) is 0. The SMILES string of the molecule is CCc1nccn1CC1CN(c2nccc(C(F)(F)F)n2)C1. The zero-order chi connectivity index (χ0) is 15.7. The van der Waals surface area contributed by atoms with E-state index in [1.807, 2.05) is 13.1 Å². The summed E-state index contributed by atoms with van der Waals surface area (Å²) in [4.78, 5) is 13.6. The number of nitrogens with zero attached hydrogens (tertiary/aromatic N) is 5. The van der Waals surface area contributed by atoms with Crippen molar-refractivity contribution < 1.29 is 13.2 Å². The Bertz CT molecular complexity index is 646. The van der Waals surface area contributed by atoms with Crippen molar-refractivity contribution in [3.63, 3.8) is 0 Å². The van der Waals surface area contributed by atoms with Crippen LogP contribution in [0.5, 0.6) is 0 Å². The molecule has 22 heavy (non-hydrogen) atoms. The van der Waals surface area contributed by atoms with E-state index in [0.29, 0.717) is 19.0 Å². The first-order valence-electron chi connectivity index (χ1n) is 7.12. The average molecular weight is 311 g/mol. The van der Waals surface area contributed by atoms with Gasteiger partial charge in [-0.2, -0.15) is 13.2 Å². The highest BCUT2D eigenvalue weighted by atomic mass is 19.4. The Morgan fingerprint density at radius 3 is 2.68 bits per heavy atom. The molecule has 0 unspecified atom stereocenters. The minimum Gasteiger partial charge on any atom is -0.340 e. The fourth-order valence-electron chi connectivity index (χ4n) is 2.61. The van der Waals surface area contributed by atoms with Gasteiger partial charge in [0.15, 0.2) is 0 Å². The highest BCUT2D eigenvalue weighted by Gasteiger charge is 2.35. The Kier molecular flexibility index (Phi) is 3.76. The second-order valence-corrected chi connectivity index (χ2v) is 5.36. The van der Waals surface area contributed by atoms with Crippen molar-refractivity contribution in [1.29, 1.82) is 0 Å². The van der Waals surface area contributed by atoms with Gasteiger partial charge in [0.05, 0.1) is 0 Å². The van der Waals surface area contributed by atoms with Gasteiger partial charge in [0, 0.05) is 50.6 Å². The second kappa shape index (κ2) is 5.58. The van der Waals surface area contributed by atoms with E-state index in [-0.39, 0.29) is 5.95 Å². The van der Waals surface area contributed by atoms with Crippen LogP contribution in [0.4, 0.5) is 19.1 Å². The Balaban J connectivity index is 1.62. The van der Waals surface area contributed by atoms with E-state index in [1.165, 1.54) is 0 Å². The molecular weight excluding hydrogens is 295 g/mol. The van der Waals surface area contributed by atoms with Gasteiger partial charge in [-0.1, -0.05) is 6.92 Å². The molecule has 118 valence electrons. The Morgan fingerprint density at radius 2 is 2.00 bits per heavy atom. The van der Waals surface area contributed by atoms with Crippen LogP contribution in [-0.2, 0) is 19.1 Å². The van der Waals surface area contributed by atoms with Gasteiger partial charge < -0.3 is 9.47 Å². The number of aromatic nitrogens is 4. The monoisotopic (exact) mass is 311 g/mol. The van der Waals surface area contributed by atoms with Gasteiger partial charge in [0.1, 0.15) is 11.5 Å². The first kappa shape index (κ1) is 14.8. The molecule has 1 aliphatic rings. The molecule has 0 aliphatic carbocycles. The van der Waals surface area contributed by atoms with E-state index >= 15 is 0 Å². The molecule has 0 spiro atoms. The molecule has 0 amide bonds. The summed E-state index contributed by atoms with van der Waals surface area (Å²) in [6, 6.07) is 0.889. The molecule has 2 aromatic rings. The quantitative estimate of drug-likeness (QED) is 0.870. The van der Waals surface area contributed by atoms with Crippen LogP contribution in [0.2, 0.25) is 0 Å². The Morgan fingerprint density at radius 1 is 1.23 bits per heavy atom. The van der Waals surface area contributed by atoms with Crippen LogP contribution in [0.1, 0.15) is 18.4 Å². The van der Waals surface area contributed by atoms with Crippen molar-refractivity contribution in [1.82, 2.24) is 19.5 Å². The van der Waals surface area contributed by atoms with Gasteiger partial charge in [0.25, 0.3) is 0 Å². The largest absolute Gasteiger partial charge is 0.433 e. The fourth-order valence-corrected chi connectivity index (χ4v) is 2.61. The minimum absolute atomic E-state index is 0.146. The van der Waals surface area contributed by atoms with Crippen molar-refractivity contribution in [3.8, 4) is 0 Å². The molecule has 1 fully saturated rings. The third kappa shape index (κ3) is 2.90. The summed E-state index contributed by atoms with van der Waals surface area (Å²) >= 11 is 0. The first-order valence-corrected chi connectivity index (χ1v) is 7.12. The number of aryl methyl sites for hydroxylation is 1. The van der Waals surface area contributed by atoms with Crippen LogP contribution in [0, 0.1) is 5.92 Å². The molecular formula is C14H16F3N5. The van der Waals surface area contributed by atoms with Crippen LogP contribution in [0.25, 0.3) is 0 Å². The second-order valence-electron chi connectivity index (χ2n) is 5.36. The van der Waals surface area contributed by atoms with Crippen molar-refractivity contribution in [3.05, 3.63) is 36.2 Å². The topological polar surface area (TPSA) is 46.8 Å². The predicted octanol–water partition coefficient (Wildman–Crippen LogP) is 2.39. The van der Waals surface area contributed by atoms with Gasteiger partial charge in [-0.25, -0.2) is 15.0 Å². The predicted molar refractivity (Wildman–Crippen MR) is 74.3 cm³/mol. The van der Waals surface area contributed by atoms with Crippen LogP contribution in [0.3, 0.4) is 0 Å². The molecule has 0 radical (unpaired) electrons. The number of hydrogen-bond donors (Lipinski definition) is 0. The zero-order valence-electron chi connectivity index (χ0n) is 12.1. The third-order valence-electron chi connectivity index (χ3n) is 3.75. The van der Waals surface area contributed by atoms with Crippen LogP contribution in [0.15, 0.2) is 24.7 Å².